The normalized spacial score (nSPS) is 19.8. The summed E-state index contributed by atoms with van der Waals surface area (Å²) in [4.78, 5) is 16.6. The number of carbonyl (C=O) groups is 1. The summed E-state index contributed by atoms with van der Waals surface area (Å²) in [7, 11) is 0. The molecular formula is C16H20N2O3S. The summed E-state index contributed by atoms with van der Waals surface area (Å²) in [5.74, 6) is 0.683. The lowest BCUT2D eigenvalue weighted by Crippen LogP contribution is -2.24. The Morgan fingerprint density at radius 1 is 1.50 bits per heavy atom. The Morgan fingerprint density at radius 2 is 2.23 bits per heavy atom. The zero-order chi connectivity index (χ0) is 16.1. The molecule has 1 unspecified atom stereocenters. The van der Waals surface area contributed by atoms with Crippen LogP contribution < -0.4 is 5.32 Å². The first-order chi connectivity index (χ1) is 10.3. The molecule has 5 nitrogen and oxygen atoms in total. The lowest BCUT2D eigenvalue weighted by atomic mass is 9.75. The Morgan fingerprint density at radius 3 is 2.86 bits per heavy atom. The van der Waals surface area contributed by atoms with E-state index in [2.05, 4.69) is 24.1 Å². The van der Waals surface area contributed by atoms with E-state index < -0.39 is 6.10 Å². The molecule has 0 saturated carbocycles. The average Bonchev–Trinajstić information content (AvgIpc) is 2.92. The van der Waals surface area contributed by atoms with E-state index in [0.717, 1.165) is 29.0 Å². The molecule has 1 amide bonds. The van der Waals surface area contributed by atoms with Gasteiger partial charge in [-0.15, -0.1) is 11.3 Å². The van der Waals surface area contributed by atoms with Crippen molar-refractivity contribution in [1.29, 1.82) is 0 Å². The highest BCUT2D eigenvalue weighted by Gasteiger charge is 2.37. The molecule has 3 rings (SSSR count). The topological polar surface area (TPSA) is 75.4 Å². The molecule has 0 bridgehead atoms. The van der Waals surface area contributed by atoms with Gasteiger partial charge in [0.05, 0.1) is 11.8 Å². The summed E-state index contributed by atoms with van der Waals surface area (Å²) in [5, 5.41) is 15.6. The first-order valence-electron chi connectivity index (χ1n) is 7.30. The maximum atomic E-state index is 12.4. The number of furan rings is 1. The van der Waals surface area contributed by atoms with E-state index >= 15 is 0 Å². The molecule has 0 aliphatic heterocycles. The van der Waals surface area contributed by atoms with Crippen LogP contribution in [0.5, 0.6) is 0 Å². The first-order valence-corrected chi connectivity index (χ1v) is 8.18. The summed E-state index contributed by atoms with van der Waals surface area (Å²) in [6.45, 7) is 7.89. The SMILES string of the molecule is Cc1csc(NC(=O)c2oc3c(c2C)C(O)CC(C)(C)C3)n1. The molecule has 0 saturated heterocycles. The maximum Gasteiger partial charge on any atom is 0.293 e. The summed E-state index contributed by atoms with van der Waals surface area (Å²) < 4.78 is 5.79. The number of anilines is 1. The zero-order valence-electron chi connectivity index (χ0n) is 13.2. The molecule has 2 aromatic heterocycles. The monoisotopic (exact) mass is 320 g/mol. The van der Waals surface area contributed by atoms with E-state index in [1.54, 1.807) is 0 Å². The average molecular weight is 320 g/mol. The minimum atomic E-state index is -0.578. The van der Waals surface area contributed by atoms with E-state index in [-0.39, 0.29) is 17.1 Å². The predicted octanol–water partition coefficient (Wildman–Crippen LogP) is 3.61. The molecule has 2 N–H and O–H groups in total. The van der Waals surface area contributed by atoms with Gasteiger partial charge >= 0.3 is 0 Å². The fourth-order valence-electron chi connectivity index (χ4n) is 3.07. The van der Waals surface area contributed by atoms with Gasteiger partial charge in [0.1, 0.15) is 5.76 Å². The smallest absolute Gasteiger partial charge is 0.293 e. The number of amides is 1. The number of aliphatic hydroxyl groups excluding tert-OH is 1. The molecule has 2 heterocycles. The van der Waals surface area contributed by atoms with Crippen molar-refractivity contribution in [3.63, 3.8) is 0 Å². The third-order valence-corrected chi connectivity index (χ3v) is 4.91. The van der Waals surface area contributed by atoms with Crippen LogP contribution in [0.25, 0.3) is 0 Å². The fraction of sp³-hybridized carbons (Fsp3) is 0.500. The summed E-state index contributed by atoms with van der Waals surface area (Å²) in [6.07, 6.45) is 0.822. The van der Waals surface area contributed by atoms with Gasteiger partial charge < -0.3 is 9.52 Å². The minimum Gasteiger partial charge on any atom is -0.455 e. The number of hydrogen-bond donors (Lipinski definition) is 2. The quantitative estimate of drug-likeness (QED) is 0.886. The molecular weight excluding hydrogens is 300 g/mol. The van der Waals surface area contributed by atoms with Crippen molar-refractivity contribution in [2.75, 3.05) is 5.32 Å². The van der Waals surface area contributed by atoms with Gasteiger partial charge in [0.25, 0.3) is 5.91 Å². The molecule has 1 aliphatic rings. The Bertz CT molecular complexity index is 730. The molecule has 1 aliphatic carbocycles. The van der Waals surface area contributed by atoms with Crippen molar-refractivity contribution in [2.45, 2.75) is 46.6 Å². The van der Waals surface area contributed by atoms with Crippen LogP contribution in [0.4, 0.5) is 5.13 Å². The second kappa shape index (κ2) is 5.21. The maximum absolute atomic E-state index is 12.4. The molecule has 1 atom stereocenters. The third-order valence-electron chi connectivity index (χ3n) is 4.03. The number of rotatable bonds is 2. The number of hydrogen-bond acceptors (Lipinski definition) is 5. The summed E-state index contributed by atoms with van der Waals surface area (Å²) in [5.41, 5.74) is 2.34. The number of aromatic nitrogens is 1. The number of thiazole rings is 1. The molecule has 0 radical (unpaired) electrons. The van der Waals surface area contributed by atoms with Crippen LogP contribution in [0.2, 0.25) is 0 Å². The number of fused-ring (bicyclic) bond motifs is 1. The molecule has 0 fully saturated rings. The lowest BCUT2D eigenvalue weighted by Gasteiger charge is -2.31. The van der Waals surface area contributed by atoms with E-state index in [0.29, 0.717) is 11.6 Å². The van der Waals surface area contributed by atoms with Gasteiger partial charge in [-0.05, 0) is 25.7 Å². The van der Waals surface area contributed by atoms with Gasteiger partial charge in [-0.1, -0.05) is 13.8 Å². The van der Waals surface area contributed by atoms with Crippen molar-refractivity contribution < 1.29 is 14.3 Å². The molecule has 118 valence electrons. The molecule has 0 aromatic carbocycles. The number of aliphatic hydroxyl groups is 1. The van der Waals surface area contributed by atoms with Crippen molar-refractivity contribution in [3.05, 3.63) is 33.7 Å². The highest BCUT2D eigenvalue weighted by Crippen LogP contribution is 2.44. The van der Waals surface area contributed by atoms with Gasteiger partial charge in [-0.3, -0.25) is 10.1 Å². The third kappa shape index (κ3) is 2.68. The van der Waals surface area contributed by atoms with E-state index in [1.807, 2.05) is 19.2 Å². The van der Waals surface area contributed by atoms with E-state index in [9.17, 15) is 9.90 Å². The second-order valence-corrected chi connectivity index (χ2v) is 7.56. The van der Waals surface area contributed by atoms with Crippen LogP contribution in [0.3, 0.4) is 0 Å². The molecule has 0 spiro atoms. The summed E-state index contributed by atoms with van der Waals surface area (Å²) in [6, 6.07) is 0. The zero-order valence-corrected chi connectivity index (χ0v) is 14.0. The van der Waals surface area contributed by atoms with Gasteiger partial charge in [0.2, 0.25) is 0 Å². The van der Waals surface area contributed by atoms with Crippen molar-refractivity contribution >= 4 is 22.4 Å². The second-order valence-electron chi connectivity index (χ2n) is 6.70. The van der Waals surface area contributed by atoms with E-state index in [1.165, 1.54) is 11.3 Å². The van der Waals surface area contributed by atoms with Crippen molar-refractivity contribution in [1.82, 2.24) is 4.98 Å². The van der Waals surface area contributed by atoms with Crippen LogP contribution in [0.15, 0.2) is 9.80 Å². The molecule has 22 heavy (non-hydrogen) atoms. The number of nitrogens with zero attached hydrogens (tertiary/aromatic N) is 1. The minimum absolute atomic E-state index is 0.0309. The van der Waals surface area contributed by atoms with Crippen molar-refractivity contribution in [3.8, 4) is 0 Å². The van der Waals surface area contributed by atoms with Gasteiger partial charge in [0.15, 0.2) is 10.9 Å². The highest BCUT2D eigenvalue weighted by atomic mass is 32.1. The van der Waals surface area contributed by atoms with Crippen LogP contribution >= 0.6 is 11.3 Å². The first kappa shape index (κ1) is 15.2. The Balaban J connectivity index is 1.91. The predicted molar refractivity (Wildman–Crippen MR) is 85.3 cm³/mol. The molecule has 6 heteroatoms. The number of nitrogens with one attached hydrogen (secondary N) is 1. The van der Waals surface area contributed by atoms with Crippen LogP contribution in [0, 0.1) is 19.3 Å². The van der Waals surface area contributed by atoms with Gasteiger partial charge in [-0.2, -0.15) is 0 Å². The van der Waals surface area contributed by atoms with Gasteiger partial charge in [0, 0.05) is 22.9 Å². The van der Waals surface area contributed by atoms with Gasteiger partial charge in [-0.25, -0.2) is 4.98 Å². The van der Waals surface area contributed by atoms with Crippen LogP contribution in [-0.4, -0.2) is 16.0 Å². The number of carbonyl (C=O) groups excluding carboxylic acids is 1. The van der Waals surface area contributed by atoms with Crippen LogP contribution in [0.1, 0.15) is 59.5 Å². The Hall–Kier alpha value is -1.66. The standard InChI is InChI=1S/C16H20N2O3S/c1-8-7-22-15(17-8)18-14(20)13-9(2)12-10(19)5-16(3,4)6-11(12)21-13/h7,10,19H,5-6H2,1-4H3,(H,17,18,20). The fourth-order valence-corrected chi connectivity index (χ4v) is 3.75. The largest absolute Gasteiger partial charge is 0.455 e. The number of aryl methyl sites for hydroxylation is 1. The van der Waals surface area contributed by atoms with Crippen LogP contribution in [-0.2, 0) is 6.42 Å². The van der Waals surface area contributed by atoms with E-state index in [4.69, 9.17) is 4.42 Å². The lowest BCUT2D eigenvalue weighted by molar-refractivity contribution is 0.0910. The Kier molecular flexibility index (Phi) is 3.61. The molecule has 2 aromatic rings. The summed E-state index contributed by atoms with van der Waals surface area (Å²) >= 11 is 1.38. The highest BCUT2D eigenvalue weighted by molar-refractivity contribution is 7.13. The Labute approximate surface area is 133 Å². The van der Waals surface area contributed by atoms with Crippen molar-refractivity contribution in [2.24, 2.45) is 5.41 Å².